The SMILES string of the molecule is C=C(CN1CCC2(CCC(C)C2)CC1)NCC.CCOC(C)C. The molecule has 0 aromatic heterocycles. The van der Waals surface area contributed by atoms with Crippen LogP contribution < -0.4 is 5.32 Å². The van der Waals surface area contributed by atoms with Crippen molar-refractivity contribution in [1.29, 1.82) is 0 Å². The van der Waals surface area contributed by atoms with Gasteiger partial charge in [-0.2, -0.15) is 0 Å². The van der Waals surface area contributed by atoms with Crippen LogP contribution in [-0.4, -0.2) is 43.8 Å². The Hall–Kier alpha value is -0.540. The van der Waals surface area contributed by atoms with Gasteiger partial charge >= 0.3 is 0 Å². The van der Waals surface area contributed by atoms with Gasteiger partial charge in [0.1, 0.15) is 0 Å². The molecule has 1 unspecified atom stereocenters. The summed E-state index contributed by atoms with van der Waals surface area (Å²) in [5.74, 6) is 0.971. The van der Waals surface area contributed by atoms with E-state index < -0.39 is 0 Å². The van der Waals surface area contributed by atoms with Crippen LogP contribution in [0, 0.1) is 11.3 Å². The summed E-state index contributed by atoms with van der Waals surface area (Å²) in [5, 5.41) is 3.32. The zero-order valence-electron chi connectivity index (χ0n) is 16.3. The first kappa shape index (κ1) is 20.5. The van der Waals surface area contributed by atoms with Crippen molar-refractivity contribution in [3.05, 3.63) is 12.3 Å². The molecule has 2 aliphatic rings. The molecule has 3 heteroatoms. The predicted molar refractivity (Wildman–Crippen MR) is 101 cm³/mol. The number of likely N-dealkylation sites (N-methyl/N-ethyl adjacent to an activating group) is 1. The van der Waals surface area contributed by atoms with Crippen molar-refractivity contribution in [3.8, 4) is 0 Å². The first-order valence-electron chi connectivity index (χ1n) is 9.66. The molecule has 1 aliphatic carbocycles. The minimum absolute atomic E-state index is 0.398. The lowest BCUT2D eigenvalue weighted by molar-refractivity contribution is 0.0899. The molecule has 1 saturated heterocycles. The monoisotopic (exact) mass is 324 g/mol. The number of hydrogen-bond donors (Lipinski definition) is 1. The summed E-state index contributed by atoms with van der Waals surface area (Å²) in [4.78, 5) is 2.57. The molecule has 3 nitrogen and oxygen atoms in total. The number of nitrogens with one attached hydrogen (secondary N) is 1. The molecule has 0 aromatic carbocycles. The van der Waals surface area contributed by atoms with Gasteiger partial charge in [-0.1, -0.05) is 19.9 Å². The van der Waals surface area contributed by atoms with Gasteiger partial charge in [0.05, 0.1) is 6.10 Å². The minimum Gasteiger partial charge on any atom is -0.388 e. The van der Waals surface area contributed by atoms with Crippen LogP contribution in [0.15, 0.2) is 12.3 Å². The summed E-state index contributed by atoms with van der Waals surface area (Å²) >= 11 is 0. The first-order valence-corrected chi connectivity index (χ1v) is 9.66. The summed E-state index contributed by atoms with van der Waals surface area (Å²) in [7, 11) is 0. The number of nitrogens with zero attached hydrogens (tertiary/aromatic N) is 1. The first-order chi connectivity index (χ1) is 10.9. The highest BCUT2D eigenvalue weighted by atomic mass is 16.5. The Morgan fingerprint density at radius 2 is 1.91 bits per heavy atom. The number of likely N-dealkylation sites (tertiary alicyclic amines) is 1. The molecule has 0 radical (unpaired) electrons. The number of hydrogen-bond acceptors (Lipinski definition) is 3. The van der Waals surface area contributed by atoms with Gasteiger partial charge in [-0.15, -0.1) is 0 Å². The van der Waals surface area contributed by atoms with Gasteiger partial charge in [-0.3, -0.25) is 4.90 Å². The zero-order chi connectivity index (χ0) is 17.3. The summed E-state index contributed by atoms with van der Waals surface area (Å²) in [6, 6.07) is 0. The molecule has 1 aliphatic heterocycles. The number of piperidine rings is 1. The van der Waals surface area contributed by atoms with E-state index in [0.29, 0.717) is 6.10 Å². The lowest BCUT2D eigenvalue weighted by atomic mass is 9.76. The highest BCUT2D eigenvalue weighted by molar-refractivity contribution is 4.98. The molecule has 1 atom stereocenters. The van der Waals surface area contributed by atoms with Crippen LogP contribution in [0.4, 0.5) is 0 Å². The highest BCUT2D eigenvalue weighted by Crippen LogP contribution is 2.48. The third-order valence-electron chi connectivity index (χ3n) is 5.21. The van der Waals surface area contributed by atoms with E-state index >= 15 is 0 Å². The molecule has 0 bridgehead atoms. The van der Waals surface area contributed by atoms with Crippen LogP contribution in [-0.2, 0) is 4.74 Å². The lowest BCUT2D eigenvalue weighted by Crippen LogP contribution is -2.41. The van der Waals surface area contributed by atoms with Gasteiger partial charge in [0.25, 0.3) is 0 Å². The van der Waals surface area contributed by atoms with Crippen molar-refractivity contribution in [1.82, 2.24) is 10.2 Å². The van der Waals surface area contributed by atoms with Gasteiger partial charge in [0.2, 0.25) is 0 Å². The van der Waals surface area contributed by atoms with Crippen LogP contribution in [0.2, 0.25) is 0 Å². The van der Waals surface area contributed by atoms with Gasteiger partial charge in [0, 0.05) is 25.4 Å². The van der Waals surface area contributed by atoms with Crippen LogP contribution in [0.3, 0.4) is 0 Å². The second-order valence-corrected chi connectivity index (χ2v) is 7.76. The van der Waals surface area contributed by atoms with Crippen molar-refractivity contribution in [2.24, 2.45) is 11.3 Å². The maximum absolute atomic E-state index is 5.04. The Morgan fingerprint density at radius 1 is 1.26 bits per heavy atom. The molecule has 1 saturated carbocycles. The molecule has 23 heavy (non-hydrogen) atoms. The molecule has 2 fully saturated rings. The fourth-order valence-electron chi connectivity index (χ4n) is 4.04. The maximum atomic E-state index is 5.04. The third kappa shape index (κ3) is 7.71. The summed E-state index contributed by atoms with van der Waals surface area (Å²) < 4.78 is 5.04. The fraction of sp³-hybridized carbons (Fsp3) is 0.900. The van der Waals surface area contributed by atoms with Gasteiger partial charge in [-0.25, -0.2) is 0 Å². The van der Waals surface area contributed by atoms with Gasteiger partial charge in [0.15, 0.2) is 0 Å². The van der Waals surface area contributed by atoms with Gasteiger partial charge < -0.3 is 10.1 Å². The lowest BCUT2D eigenvalue weighted by Gasteiger charge is -2.39. The predicted octanol–water partition coefficient (Wildman–Crippen LogP) is 4.44. The second-order valence-electron chi connectivity index (χ2n) is 7.76. The Kier molecular flexibility index (Phi) is 9.23. The Morgan fingerprint density at radius 3 is 2.30 bits per heavy atom. The van der Waals surface area contributed by atoms with Crippen LogP contribution in [0.25, 0.3) is 0 Å². The Balaban J connectivity index is 0.000000379. The Labute approximate surface area is 144 Å². The Bertz CT molecular complexity index is 333. The third-order valence-corrected chi connectivity index (χ3v) is 5.21. The quantitative estimate of drug-likeness (QED) is 0.781. The number of rotatable bonds is 6. The van der Waals surface area contributed by atoms with Crippen molar-refractivity contribution >= 4 is 0 Å². The van der Waals surface area contributed by atoms with E-state index in [4.69, 9.17) is 4.74 Å². The largest absolute Gasteiger partial charge is 0.388 e. The van der Waals surface area contributed by atoms with E-state index in [1.807, 2.05) is 20.8 Å². The van der Waals surface area contributed by atoms with Crippen molar-refractivity contribution < 1.29 is 4.74 Å². The molecular weight excluding hydrogens is 284 g/mol. The van der Waals surface area contributed by atoms with Crippen molar-refractivity contribution in [2.75, 3.05) is 32.8 Å². The van der Waals surface area contributed by atoms with E-state index in [-0.39, 0.29) is 0 Å². The minimum atomic E-state index is 0.398. The molecule has 0 aromatic rings. The standard InChI is InChI=1S/C15H28N2.C5H12O/c1-4-16-14(3)12-17-9-7-15(8-10-17)6-5-13(2)11-15;1-4-6-5(2)3/h13,16H,3-12H2,1-2H3;5H,4H2,1-3H3. The topological polar surface area (TPSA) is 24.5 Å². The second kappa shape index (κ2) is 10.4. The summed E-state index contributed by atoms with van der Waals surface area (Å²) in [6.07, 6.45) is 7.65. The molecule has 1 spiro atoms. The summed E-state index contributed by atoms with van der Waals surface area (Å²) in [5.41, 5.74) is 1.90. The number of ether oxygens (including phenoxy) is 1. The van der Waals surface area contributed by atoms with Crippen LogP contribution in [0.1, 0.15) is 66.7 Å². The zero-order valence-corrected chi connectivity index (χ0v) is 16.3. The smallest absolute Gasteiger partial charge is 0.0518 e. The maximum Gasteiger partial charge on any atom is 0.0518 e. The molecular formula is C20H40N2O. The van der Waals surface area contributed by atoms with E-state index in [2.05, 4.69) is 30.6 Å². The van der Waals surface area contributed by atoms with E-state index in [9.17, 15) is 0 Å². The average Bonchev–Trinajstić information content (AvgIpc) is 2.84. The van der Waals surface area contributed by atoms with Gasteiger partial charge in [-0.05, 0) is 77.8 Å². The van der Waals surface area contributed by atoms with Crippen molar-refractivity contribution in [2.45, 2.75) is 72.8 Å². The average molecular weight is 325 g/mol. The molecule has 136 valence electrons. The van der Waals surface area contributed by atoms with Crippen LogP contribution in [0.5, 0.6) is 0 Å². The fourth-order valence-corrected chi connectivity index (χ4v) is 4.04. The normalized spacial score (nSPS) is 23.7. The van der Waals surface area contributed by atoms with Crippen molar-refractivity contribution in [3.63, 3.8) is 0 Å². The molecule has 1 N–H and O–H groups in total. The van der Waals surface area contributed by atoms with E-state index in [1.165, 1.54) is 50.9 Å². The highest BCUT2D eigenvalue weighted by Gasteiger charge is 2.39. The molecule has 0 amide bonds. The molecule has 1 heterocycles. The van der Waals surface area contributed by atoms with E-state index in [1.54, 1.807) is 0 Å². The van der Waals surface area contributed by atoms with E-state index in [0.717, 1.165) is 31.0 Å². The van der Waals surface area contributed by atoms with Crippen LogP contribution >= 0.6 is 0 Å². The molecule has 2 rings (SSSR count). The summed E-state index contributed by atoms with van der Waals surface area (Å²) in [6.45, 7) is 20.1.